The Balaban J connectivity index is 1.50. The average molecular weight is 334 g/mol. The molecule has 1 N–H and O–H groups in total. The summed E-state index contributed by atoms with van der Waals surface area (Å²) in [5.41, 5.74) is 1.84. The molecule has 2 heterocycles. The van der Waals surface area contributed by atoms with Gasteiger partial charge >= 0.3 is 0 Å². The molecule has 126 valence electrons. The molecule has 3 aromatic rings. The first-order valence-corrected chi connectivity index (χ1v) is 8.24. The molecule has 1 amide bonds. The molecule has 1 aromatic heterocycles. The second-order valence-corrected chi connectivity index (χ2v) is 6.12. The summed E-state index contributed by atoms with van der Waals surface area (Å²) in [5, 5.41) is 18.1. The van der Waals surface area contributed by atoms with E-state index in [4.69, 9.17) is 0 Å². The first kappa shape index (κ1) is 15.4. The number of phenols is 1. The van der Waals surface area contributed by atoms with Crippen molar-refractivity contribution >= 4 is 5.91 Å². The summed E-state index contributed by atoms with van der Waals surface area (Å²) in [6, 6.07) is 16.8. The van der Waals surface area contributed by atoms with Crippen LogP contribution in [0.1, 0.15) is 11.4 Å². The zero-order valence-electron chi connectivity index (χ0n) is 13.7. The highest BCUT2D eigenvalue weighted by atomic mass is 16.3. The van der Waals surface area contributed by atoms with Gasteiger partial charge in [0.15, 0.2) is 11.6 Å². The van der Waals surface area contributed by atoms with E-state index in [9.17, 15) is 9.90 Å². The van der Waals surface area contributed by atoms with Crippen LogP contribution in [0.15, 0.2) is 54.6 Å². The Kier molecular flexibility index (Phi) is 3.93. The average Bonchev–Trinajstić information content (AvgIpc) is 3.05. The van der Waals surface area contributed by atoms with Crippen molar-refractivity contribution in [1.82, 2.24) is 19.7 Å². The van der Waals surface area contributed by atoms with E-state index < -0.39 is 0 Å². The number of phenolic OH excluding ortho intramolecular Hbond substituents is 1. The minimum Gasteiger partial charge on any atom is -0.508 e. The maximum atomic E-state index is 12.6. The van der Waals surface area contributed by atoms with E-state index in [0.29, 0.717) is 19.6 Å². The number of amides is 1. The van der Waals surface area contributed by atoms with Crippen LogP contribution in [-0.4, -0.2) is 37.2 Å². The second-order valence-electron chi connectivity index (χ2n) is 6.12. The van der Waals surface area contributed by atoms with E-state index in [2.05, 4.69) is 14.8 Å². The van der Waals surface area contributed by atoms with Gasteiger partial charge in [-0.25, -0.2) is 0 Å². The summed E-state index contributed by atoms with van der Waals surface area (Å²) in [6.07, 6.45) is 0.272. The van der Waals surface area contributed by atoms with E-state index in [-0.39, 0.29) is 18.1 Å². The first-order valence-electron chi connectivity index (χ1n) is 8.24. The van der Waals surface area contributed by atoms with E-state index in [0.717, 1.165) is 22.8 Å². The van der Waals surface area contributed by atoms with Gasteiger partial charge in [0.05, 0.1) is 13.0 Å². The molecule has 0 atom stereocenters. The van der Waals surface area contributed by atoms with Gasteiger partial charge in [-0.2, -0.15) is 0 Å². The van der Waals surface area contributed by atoms with Crippen molar-refractivity contribution < 1.29 is 9.90 Å². The number of fused-ring (bicyclic) bond motifs is 1. The molecule has 0 spiro atoms. The van der Waals surface area contributed by atoms with Crippen LogP contribution in [0, 0.1) is 0 Å². The van der Waals surface area contributed by atoms with Crippen molar-refractivity contribution in [3.63, 3.8) is 0 Å². The van der Waals surface area contributed by atoms with Gasteiger partial charge in [0.1, 0.15) is 5.75 Å². The second kappa shape index (κ2) is 6.39. The van der Waals surface area contributed by atoms with Crippen molar-refractivity contribution in [3.05, 3.63) is 66.0 Å². The Bertz CT molecular complexity index is 905. The predicted molar refractivity (Wildman–Crippen MR) is 92.7 cm³/mol. The number of aromatic hydroxyl groups is 1. The van der Waals surface area contributed by atoms with Gasteiger partial charge in [0, 0.05) is 18.7 Å². The van der Waals surface area contributed by atoms with Crippen LogP contribution >= 0.6 is 0 Å². The quantitative estimate of drug-likeness (QED) is 0.797. The lowest BCUT2D eigenvalue weighted by molar-refractivity contribution is -0.132. The number of hydrogen-bond donors (Lipinski definition) is 1. The monoisotopic (exact) mass is 334 g/mol. The van der Waals surface area contributed by atoms with Crippen LogP contribution in [0.25, 0.3) is 11.4 Å². The Morgan fingerprint density at radius 3 is 2.68 bits per heavy atom. The Hall–Kier alpha value is -3.15. The predicted octanol–water partition coefficient (Wildman–Crippen LogP) is 2.24. The van der Waals surface area contributed by atoms with Crippen LogP contribution in [0.3, 0.4) is 0 Å². The summed E-state index contributed by atoms with van der Waals surface area (Å²) in [6.45, 7) is 1.76. The Labute approximate surface area is 145 Å². The minimum atomic E-state index is 0.0288. The van der Waals surface area contributed by atoms with E-state index in [1.807, 2.05) is 36.4 Å². The highest BCUT2D eigenvalue weighted by Gasteiger charge is 2.24. The van der Waals surface area contributed by atoms with Gasteiger partial charge in [0.25, 0.3) is 0 Å². The van der Waals surface area contributed by atoms with E-state index in [1.54, 1.807) is 23.1 Å². The third-order valence-corrected chi connectivity index (χ3v) is 4.40. The van der Waals surface area contributed by atoms with Crippen molar-refractivity contribution in [1.29, 1.82) is 0 Å². The maximum Gasteiger partial charge on any atom is 0.227 e. The number of carbonyl (C=O) groups excluding carboxylic acids is 1. The molecule has 6 heteroatoms. The fourth-order valence-electron chi connectivity index (χ4n) is 3.12. The number of nitrogens with zero attached hydrogens (tertiary/aromatic N) is 4. The molecule has 0 radical (unpaired) electrons. The molecule has 25 heavy (non-hydrogen) atoms. The molecule has 0 fully saturated rings. The summed E-state index contributed by atoms with van der Waals surface area (Å²) in [7, 11) is 0. The molecule has 2 aromatic carbocycles. The lowest BCUT2D eigenvalue weighted by atomic mass is 10.1. The standard InChI is InChI=1S/C19H18N4O2/c24-16-8-4-5-14(11-16)12-18(25)22-9-10-23-17(13-22)20-21-19(23)15-6-2-1-3-7-15/h1-8,11,24H,9-10,12-13H2. The van der Waals surface area contributed by atoms with Crippen LogP contribution in [0.2, 0.25) is 0 Å². The summed E-state index contributed by atoms with van der Waals surface area (Å²) in [5.74, 6) is 1.85. The smallest absolute Gasteiger partial charge is 0.227 e. The van der Waals surface area contributed by atoms with Crippen molar-refractivity contribution in [3.8, 4) is 17.1 Å². The normalized spacial score (nSPS) is 13.5. The zero-order valence-corrected chi connectivity index (χ0v) is 13.7. The van der Waals surface area contributed by atoms with E-state index >= 15 is 0 Å². The molecule has 1 aliphatic heterocycles. The fourth-order valence-corrected chi connectivity index (χ4v) is 3.12. The highest BCUT2D eigenvalue weighted by molar-refractivity contribution is 5.79. The molecule has 0 aliphatic carbocycles. The first-order chi connectivity index (χ1) is 12.2. The minimum absolute atomic E-state index is 0.0288. The van der Waals surface area contributed by atoms with Gasteiger partial charge in [-0.3, -0.25) is 4.79 Å². The summed E-state index contributed by atoms with van der Waals surface area (Å²) in [4.78, 5) is 14.3. The van der Waals surface area contributed by atoms with Gasteiger partial charge in [-0.1, -0.05) is 42.5 Å². The number of carbonyl (C=O) groups is 1. The third kappa shape index (κ3) is 3.10. The van der Waals surface area contributed by atoms with Crippen LogP contribution in [-0.2, 0) is 24.3 Å². The molecule has 4 rings (SSSR count). The van der Waals surface area contributed by atoms with Gasteiger partial charge in [0.2, 0.25) is 5.91 Å². The third-order valence-electron chi connectivity index (χ3n) is 4.40. The number of aromatic nitrogens is 3. The Morgan fingerprint density at radius 1 is 1.04 bits per heavy atom. The zero-order chi connectivity index (χ0) is 17.2. The van der Waals surface area contributed by atoms with Crippen molar-refractivity contribution in [2.24, 2.45) is 0 Å². The SMILES string of the molecule is O=C(Cc1cccc(O)c1)N1CCn2c(nnc2-c2ccccc2)C1. The fraction of sp³-hybridized carbons (Fsp3) is 0.211. The Morgan fingerprint density at radius 2 is 1.88 bits per heavy atom. The van der Waals surface area contributed by atoms with Gasteiger partial charge in [-0.15, -0.1) is 10.2 Å². The van der Waals surface area contributed by atoms with Crippen molar-refractivity contribution in [2.75, 3.05) is 6.54 Å². The van der Waals surface area contributed by atoms with Crippen LogP contribution in [0.4, 0.5) is 0 Å². The molecule has 1 aliphatic rings. The summed E-state index contributed by atoms with van der Waals surface area (Å²) < 4.78 is 2.08. The van der Waals surface area contributed by atoms with Crippen molar-refractivity contribution in [2.45, 2.75) is 19.5 Å². The summed E-state index contributed by atoms with van der Waals surface area (Å²) >= 11 is 0. The number of hydrogen-bond acceptors (Lipinski definition) is 4. The molecule has 0 saturated heterocycles. The lowest BCUT2D eigenvalue weighted by Gasteiger charge is -2.28. The van der Waals surface area contributed by atoms with E-state index in [1.165, 1.54) is 0 Å². The molecule has 6 nitrogen and oxygen atoms in total. The molecule has 0 bridgehead atoms. The maximum absolute atomic E-state index is 12.6. The molecular weight excluding hydrogens is 316 g/mol. The largest absolute Gasteiger partial charge is 0.508 e. The van der Waals surface area contributed by atoms with Gasteiger partial charge in [-0.05, 0) is 17.7 Å². The van der Waals surface area contributed by atoms with Crippen LogP contribution < -0.4 is 0 Å². The van der Waals surface area contributed by atoms with Gasteiger partial charge < -0.3 is 14.6 Å². The molecule has 0 saturated carbocycles. The highest BCUT2D eigenvalue weighted by Crippen LogP contribution is 2.22. The topological polar surface area (TPSA) is 71.2 Å². The molecule has 0 unspecified atom stereocenters. The van der Waals surface area contributed by atoms with Crippen LogP contribution in [0.5, 0.6) is 5.75 Å². The number of benzene rings is 2. The lowest BCUT2D eigenvalue weighted by Crippen LogP contribution is -2.39. The number of rotatable bonds is 3. The molecular formula is C19H18N4O2.